The highest BCUT2D eigenvalue weighted by atomic mass is 32.3. The highest BCUT2D eigenvalue weighted by Crippen LogP contribution is 2.29. The summed E-state index contributed by atoms with van der Waals surface area (Å²) in [4.78, 5) is 4.14. The van der Waals surface area contributed by atoms with E-state index in [4.69, 9.17) is 0 Å². The quantitative estimate of drug-likeness (QED) is 0.622. The van der Waals surface area contributed by atoms with Crippen LogP contribution in [-0.2, 0) is 9.84 Å². The van der Waals surface area contributed by atoms with Gasteiger partial charge in [0.2, 0.25) is 0 Å². The Balaban J connectivity index is 2.84. The second kappa shape index (κ2) is 2.79. The molecule has 0 bridgehead atoms. The summed E-state index contributed by atoms with van der Waals surface area (Å²) in [6.07, 6.45) is 1.26. The van der Waals surface area contributed by atoms with Crippen LogP contribution >= 0.6 is 11.8 Å². The maximum atomic E-state index is 11.1. The van der Waals surface area contributed by atoms with Crippen LogP contribution in [0.4, 0.5) is 0 Å². The summed E-state index contributed by atoms with van der Waals surface area (Å²) in [7, 11) is -2.94. The van der Waals surface area contributed by atoms with Gasteiger partial charge in [0.25, 0.3) is 0 Å². The maximum absolute atomic E-state index is 11.1. The number of thioether (sulfide) groups is 1. The molecule has 1 heterocycles. The third-order valence-corrected chi connectivity index (χ3v) is 5.14. The van der Waals surface area contributed by atoms with Crippen molar-refractivity contribution < 1.29 is 8.42 Å². The van der Waals surface area contributed by atoms with Crippen LogP contribution in [0.3, 0.4) is 0 Å². The Morgan fingerprint density at radius 2 is 2.09 bits per heavy atom. The van der Waals surface area contributed by atoms with Gasteiger partial charge in [-0.05, 0) is 13.8 Å². The van der Waals surface area contributed by atoms with Crippen molar-refractivity contribution >= 4 is 26.6 Å². The molecule has 0 spiro atoms. The normalized spacial score (nSPS) is 32.1. The summed E-state index contributed by atoms with van der Waals surface area (Å²) in [6.45, 7) is 3.67. The Bertz CT molecular complexity index is 281. The molecule has 1 aliphatic rings. The Labute approximate surface area is 71.2 Å². The molecule has 64 valence electrons. The van der Waals surface area contributed by atoms with Gasteiger partial charge < -0.3 is 0 Å². The van der Waals surface area contributed by atoms with Gasteiger partial charge in [-0.3, -0.25) is 4.99 Å². The average Bonchev–Trinajstić information content (AvgIpc) is 2.08. The maximum Gasteiger partial charge on any atom is 0.162 e. The van der Waals surface area contributed by atoms with Gasteiger partial charge in [-0.1, -0.05) is 11.8 Å². The van der Waals surface area contributed by atoms with Crippen LogP contribution < -0.4 is 0 Å². The third kappa shape index (κ3) is 1.96. The number of rotatable bonds is 1. The zero-order chi connectivity index (χ0) is 8.65. The Kier molecular flexibility index (Phi) is 2.29. The fraction of sp³-hybridized carbons (Fsp3) is 0.833. The minimum Gasteiger partial charge on any atom is -0.278 e. The lowest BCUT2D eigenvalue weighted by Crippen LogP contribution is -2.23. The van der Waals surface area contributed by atoms with Gasteiger partial charge in [-0.15, -0.1) is 0 Å². The van der Waals surface area contributed by atoms with Crippen molar-refractivity contribution in [1.29, 1.82) is 0 Å². The van der Waals surface area contributed by atoms with Crippen molar-refractivity contribution in [3.63, 3.8) is 0 Å². The molecule has 0 aromatic rings. The molecule has 0 fully saturated rings. The van der Waals surface area contributed by atoms with Crippen LogP contribution in [0.25, 0.3) is 0 Å². The van der Waals surface area contributed by atoms with Crippen LogP contribution in [0.15, 0.2) is 4.99 Å². The molecule has 0 aromatic carbocycles. The molecule has 1 aliphatic heterocycles. The number of hydrogen-bond acceptors (Lipinski definition) is 4. The predicted molar refractivity (Wildman–Crippen MR) is 48.8 cm³/mol. The zero-order valence-corrected chi connectivity index (χ0v) is 8.37. The molecule has 2 atom stereocenters. The van der Waals surface area contributed by atoms with E-state index >= 15 is 0 Å². The minimum absolute atomic E-state index is 0.0880. The summed E-state index contributed by atoms with van der Waals surface area (Å²) in [6, 6.07) is -0.0880. The Hall–Kier alpha value is -0.0300. The molecular weight excluding hydrogens is 182 g/mol. The number of hydrogen-bond donors (Lipinski definition) is 0. The van der Waals surface area contributed by atoms with Gasteiger partial charge in [0.05, 0.1) is 11.1 Å². The van der Waals surface area contributed by atoms with E-state index in [0.717, 1.165) is 5.04 Å². The van der Waals surface area contributed by atoms with Gasteiger partial charge in [-0.2, -0.15) is 0 Å². The van der Waals surface area contributed by atoms with Crippen molar-refractivity contribution in [3.8, 4) is 0 Å². The first-order chi connectivity index (χ1) is 4.91. The number of sulfone groups is 1. The largest absolute Gasteiger partial charge is 0.278 e. The second-order valence-corrected chi connectivity index (χ2v) is 6.50. The summed E-state index contributed by atoms with van der Waals surface area (Å²) in [5.41, 5.74) is 0. The molecule has 0 aromatic heterocycles. The summed E-state index contributed by atoms with van der Waals surface area (Å²) >= 11 is 1.34. The zero-order valence-electron chi connectivity index (χ0n) is 6.73. The van der Waals surface area contributed by atoms with E-state index in [-0.39, 0.29) is 10.6 Å². The number of nitrogens with zero attached hydrogens (tertiary/aromatic N) is 1. The summed E-state index contributed by atoms with van der Waals surface area (Å²) in [5.74, 6) is 0. The molecule has 0 saturated carbocycles. The van der Waals surface area contributed by atoms with Crippen LogP contribution in [0.5, 0.6) is 0 Å². The lowest BCUT2D eigenvalue weighted by Gasteiger charge is -2.09. The van der Waals surface area contributed by atoms with Gasteiger partial charge >= 0.3 is 0 Å². The fourth-order valence-corrected chi connectivity index (χ4v) is 3.80. The molecule has 11 heavy (non-hydrogen) atoms. The van der Waals surface area contributed by atoms with Gasteiger partial charge in [0.15, 0.2) is 9.84 Å². The van der Waals surface area contributed by atoms with Crippen molar-refractivity contribution in [1.82, 2.24) is 0 Å². The standard InChI is InChI=1S/C6H11NO2S2/c1-4-6(11(3,8)9)10-5(2)7-4/h4,6H,1-3H3. The molecule has 5 heteroatoms. The Morgan fingerprint density at radius 1 is 1.55 bits per heavy atom. The van der Waals surface area contributed by atoms with Crippen molar-refractivity contribution in [2.45, 2.75) is 24.5 Å². The topological polar surface area (TPSA) is 46.5 Å². The molecular formula is C6H11NO2S2. The van der Waals surface area contributed by atoms with Crippen molar-refractivity contribution in [2.24, 2.45) is 4.99 Å². The van der Waals surface area contributed by atoms with E-state index < -0.39 is 9.84 Å². The average molecular weight is 193 g/mol. The molecule has 0 radical (unpaired) electrons. The molecule has 0 amide bonds. The van der Waals surface area contributed by atoms with Crippen LogP contribution in [-0.4, -0.2) is 30.3 Å². The lowest BCUT2D eigenvalue weighted by atomic mass is 10.4. The summed E-state index contributed by atoms with van der Waals surface area (Å²) in [5, 5.41) is 0.868. The van der Waals surface area contributed by atoms with E-state index in [2.05, 4.69) is 4.99 Å². The van der Waals surface area contributed by atoms with Crippen molar-refractivity contribution in [3.05, 3.63) is 0 Å². The van der Waals surface area contributed by atoms with Crippen LogP contribution in [0, 0.1) is 0 Å². The van der Waals surface area contributed by atoms with Crippen molar-refractivity contribution in [2.75, 3.05) is 6.26 Å². The fourth-order valence-electron chi connectivity index (χ4n) is 1.09. The van der Waals surface area contributed by atoms with E-state index in [1.807, 2.05) is 13.8 Å². The number of aliphatic imine (C=N–C) groups is 1. The lowest BCUT2D eigenvalue weighted by molar-refractivity contribution is 0.592. The first-order valence-corrected chi connectivity index (χ1v) is 6.14. The highest BCUT2D eigenvalue weighted by Gasteiger charge is 2.32. The Morgan fingerprint density at radius 3 is 2.27 bits per heavy atom. The van der Waals surface area contributed by atoms with E-state index in [1.54, 1.807) is 0 Å². The van der Waals surface area contributed by atoms with Gasteiger partial charge in [0.1, 0.15) is 4.58 Å². The SMILES string of the molecule is CC1=NC(C)C(S(C)(=O)=O)S1. The third-order valence-electron chi connectivity index (χ3n) is 1.49. The highest BCUT2D eigenvalue weighted by molar-refractivity contribution is 8.23. The minimum atomic E-state index is -2.94. The molecule has 2 unspecified atom stereocenters. The van der Waals surface area contributed by atoms with Crippen LogP contribution in [0.1, 0.15) is 13.8 Å². The van der Waals surface area contributed by atoms with Crippen LogP contribution in [0.2, 0.25) is 0 Å². The van der Waals surface area contributed by atoms with E-state index in [1.165, 1.54) is 18.0 Å². The monoisotopic (exact) mass is 193 g/mol. The van der Waals surface area contributed by atoms with E-state index in [0.29, 0.717) is 0 Å². The first-order valence-electron chi connectivity index (χ1n) is 3.31. The van der Waals surface area contributed by atoms with Gasteiger partial charge in [-0.25, -0.2) is 8.42 Å². The molecule has 0 aliphatic carbocycles. The molecule has 0 saturated heterocycles. The molecule has 0 N–H and O–H groups in total. The molecule has 1 rings (SSSR count). The smallest absolute Gasteiger partial charge is 0.162 e. The van der Waals surface area contributed by atoms with E-state index in [9.17, 15) is 8.42 Å². The second-order valence-electron chi connectivity index (χ2n) is 2.70. The first kappa shape index (κ1) is 9.06. The van der Waals surface area contributed by atoms with Gasteiger partial charge in [0, 0.05) is 6.26 Å². The molecule has 3 nitrogen and oxygen atoms in total. The summed E-state index contributed by atoms with van der Waals surface area (Å²) < 4.78 is 21.8. The predicted octanol–water partition coefficient (Wildman–Crippen LogP) is 0.911.